The average Bonchev–Trinajstić information content (AvgIpc) is 4.02. The number of likely N-dealkylation sites (tertiary alicyclic amines) is 2. The molecule has 4 aliphatic heterocycles. The maximum Gasteiger partial charge on any atom is 0.315 e. The second-order valence-electron chi connectivity index (χ2n) is 16.2. The number of primary amides is 1. The van der Waals surface area contributed by atoms with Gasteiger partial charge in [-0.15, -0.1) is 0 Å². The summed E-state index contributed by atoms with van der Waals surface area (Å²) in [5.74, 6) is -3.85. The number of carbonyl (C=O) groups excluding carboxylic acids is 9. The van der Waals surface area contributed by atoms with Crippen LogP contribution in [0.1, 0.15) is 97.3 Å². The van der Waals surface area contributed by atoms with E-state index in [-0.39, 0.29) is 54.6 Å². The Hall–Kier alpha value is -4.66. The van der Waals surface area contributed by atoms with Gasteiger partial charge in [-0.3, -0.25) is 43.6 Å². The summed E-state index contributed by atoms with van der Waals surface area (Å²) in [4.78, 5) is 116. The van der Waals surface area contributed by atoms with Crippen LogP contribution in [0.2, 0.25) is 0 Å². The van der Waals surface area contributed by atoms with Gasteiger partial charge in [-0.1, -0.05) is 20.3 Å². The van der Waals surface area contributed by atoms with Gasteiger partial charge >= 0.3 is 6.03 Å². The molecule has 7 atom stereocenters. The summed E-state index contributed by atoms with van der Waals surface area (Å²) in [6.07, 6.45) is 6.27. The van der Waals surface area contributed by atoms with Crippen LogP contribution in [0.5, 0.6) is 0 Å². The summed E-state index contributed by atoms with van der Waals surface area (Å²) in [5, 5.41) is 25.5. The van der Waals surface area contributed by atoms with E-state index in [1.165, 1.54) is 9.80 Å². The predicted molar refractivity (Wildman–Crippen MR) is 215 cm³/mol. The third-order valence-electron chi connectivity index (χ3n) is 11.2. The smallest absolute Gasteiger partial charge is 0.315 e. The maximum atomic E-state index is 13.7. The summed E-state index contributed by atoms with van der Waals surface area (Å²) < 4.78 is 0. The Morgan fingerprint density at radius 1 is 0.847 bits per heavy atom. The average molecular weight is 851 g/mol. The quantitative estimate of drug-likeness (QED) is 0.0253. The number of fused-ring (bicyclic) bond motifs is 1. The topological polar surface area (TPSA) is 291 Å². The zero-order chi connectivity index (χ0) is 43.1. The van der Waals surface area contributed by atoms with Gasteiger partial charge < -0.3 is 47.4 Å². The summed E-state index contributed by atoms with van der Waals surface area (Å²) in [6.45, 7) is 3.90. The second-order valence-corrected chi connectivity index (χ2v) is 17.4. The highest BCUT2D eigenvalue weighted by Crippen LogP contribution is 2.33. The molecular formula is C38H62N10O10S. The molecule has 0 radical (unpaired) electrons. The molecule has 10 N–H and O–H groups in total. The zero-order valence-corrected chi connectivity index (χ0v) is 34.9. The molecule has 0 aliphatic carbocycles. The normalized spacial score (nSPS) is 23.1. The number of hydrogen-bond acceptors (Lipinski definition) is 11. The summed E-state index contributed by atoms with van der Waals surface area (Å²) >= 11 is 1.84. The van der Waals surface area contributed by atoms with Gasteiger partial charge in [0.15, 0.2) is 0 Å². The Balaban J connectivity index is 1.10. The van der Waals surface area contributed by atoms with Gasteiger partial charge in [0.05, 0.1) is 25.2 Å². The number of nitrogens with two attached hydrogens (primary N) is 1. The Bertz CT molecular complexity index is 1550. The van der Waals surface area contributed by atoms with E-state index in [1.54, 1.807) is 5.48 Å². The highest BCUT2D eigenvalue weighted by atomic mass is 32.2. The largest absolute Gasteiger partial charge is 0.368 e. The monoisotopic (exact) mass is 850 g/mol. The van der Waals surface area contributed by atoms with E-state index in [0.717, 1.165) is 25.0 Å². The molecule has 59 heavy (non-hydrogen) atoms. The predicted octanol–water partition coefficient (Wildman–Crippen LogP) is -1.26. The van der Waals surface area contributed by atoms with Crippen LogP contribution in [0.3, 0.4) is 0 Å². The number of unbranched alkanes of at least 4 members (excludes halogenated alkanes) is 2. The van der Waals surface area contributed by atoms with Crippen molar-refractivity contribution >= 4 is 65.1 Å². The highest BCUT2D eigenvalue weighted by molar-refractivity contribution is 8.00. The number of rotatable bonds is 23. The minimum atomic E-state index is -0.985. The van der Waals surface area contributed by atoms with Gasteiger partial charge in [0.25, 0.3) is 0 Å². The third kappa shape index (κ3) is 14.2. The molecule has 4 heterocycles. The molecule has 1 unspecified atom stereocenters. The van der Waals surface area contributed by atoms with E-state index in [4.69, 9.17) is 10.9 Å². The minimum absolute atomic E-state index is 0.0670. The number of hydrogen-bond donors (Lipinski definition) is 9. The van der Waals surface area contributed by atoms with Crippen LogP contribution in [-0.4, -0.2) is 142 Å². The molecule has 4 rings (SSSR count). The van der Waals surface area contributed by atoms with Crippen molar-refractivity contribution in [2.45, 2.75) is 133 Å². The van der Waals surface area contributed by atoms with Crippen LogP contribution in [0.15, 0.2) is 0 Å². The molecule has 10 amide bonds. The number of hydroxylamine groups is 1. The highest BCUT2D eigenvalue weighted by Gasteiger charge is 2.44. The van der Waals surface area contributed by atoms with Crippen molar-refractivity contribution < 1.29 is 48.4 Å². The van der Waals surface area contributed by atoms with E-state index in [9.17, 15) is 43.2 Å². The number of urea groups is 1. The van der Waals surface area contributed by atoms with Crippen molar-refractivity contribution in [3.63, 3.8) is 0 Å². The van der Waals surface area contributed by atoms with Crippen molar-refractivity contribution in [2.75, 3.05) is 38.5 Å². The van der Waals surface area contributed by atoms with Crippen molar-refractivity contribution in [1.82, 2.24) is 47.2 Å². The van der Waals surface area contributed by atoms with E-state index in [2.05, 4.69) is 31.9 Å². The number of nitrogens with zero attached hydrogens (tertiary/aromatic N) is 2. The second kappa shape index (κ2) is 23.2. The molecule has 20 nitrogen and oxygen atoms in total. The molecule has 21 heteroatoms. The first-order chi connectivity index (χ1) is 28.2. The fraction of sp³-hybridized carbons (Fsp3) is 0.763. The van der Waals surface area contributed by atoms with E-state index in [0.29, 0.717) is 76.3 Å². The SMILES string of the molecule is CC(C)CC(CC(=O)NO)C(=O)N1CCC[C@H]1C(=O)N1CCC[C@H]1C(=O)NCC(=O)NCC(=O)N[C@@H](CCCCNC(=O)CCCC[C@@H]1SC[C@@H]2NC(=O)N[C@@H]21)C(N)=O. The Morgan fingerprint density at radius 3 is 2.27 bits per heavy atom. The third-order valence-corrected chi connectivity index (χ3v) is 12.7. The van der Waals surface area contributed by atoms with Crippen LogP contribution in [0, 0.1) is 11.8 Å². The fourth-order valence-corrected chi connectivity index (χ4v) is 9.79. The van der Waals surface area contributed by atoms with Crippen LogP contribution in [0.25, 0.3) is 0 Å². The summed E-state index contributed by atoms with van der Waals surface area (Å²) in [5.41, 5.74) is 7.06. The lowest BCUT2D eigenvalue weighted by Gasteiger charge is -2.33. The van der Waals surface area contributed by atoms with E-state index in [1.807, 2.05) is 25.6 Å². The Labute approximate surface area is 348 Å². The first-order valence-corrected chi connectivity index (χ1v) is 21.9. The van der Waals surface area contributed by atoms with Crippen LogP contribution >= 0.6 is 11.8 Å². The Morgan fingerprint density at radius 2 is 1.56 bits per heavy atom. The van der Waals surface area contributed by atoms with Crippen LogP contribution in [0.4, 0.5) is 4.79 Å². The molecule has 4 aliphatic rings. The molecule has 0 spiro atoms. The van der Waals surface area contributed by atoms with Gasteiger partial charge in [0.1, 0.15) is 18.1 Å². The minimum Gasteiger partial charge on any atom is -0.368 e. The molecular weight excluding hydrogens is 789 g/mol. The fourth-order valence-electron chi connectivity index (χ4n) is 8.25. The lowest BCUT2D eigenvalue weighted by molar-refractivity contribution is -0.149. The molecule has 0 aromatic rings. The van der Waals surface area contributed by atoms with Crippen molar-refractivity contribution in [1.29, 1.82) is 0 Å². The van der Waals surface area contributed by atoms with Crippen LogP contribution < -0.4 is 43.1 Å². The maximum absolute atomic E-state index is 13.7. The standard InChI is InChI=1S/C38H62N10O10S/c1-22(2)17-23(18-30(50)46-58)36(55)48-16-8-11-27(48)37(56)47-15-7-10-26(47)35(54)42-19-31(51)41-20-32(52)43-24(34(39)53)9-5-6-14-40-29(49)13-4-3-12-28-33-25(21-59-28)44-38(57)45-33/h22-28,33,58H,3-21H2,1-2H3,(H2,39,53)(H,40,49)(H,41,51)(H,42,54)(H,43,52)(H,46,50)(H2,44,45,57)/t23?,24-,25-,26-,27-,28-,33-/m0/s1. The molecule has 0 aromatic heterocycles. The lowest BCUT2D eigenvalue weighted by atomic mass is 9.92. The summed E-state index contributed by atoms with van der Waals surface area (Å²) in [6, 6.07) is -2.43. The number of carbonyl (C=O) groups is 9. The van der Waals surface area contributed by atoms with Gasteiger partial charge in [-0.25, -0.2) is 10.3 Å². The van der Waals surface area contributed by atoms with E-state index < -0.39 is 66.7 Å². The number of amides is 10. The zero-order valence-electron chi connectivity index (χ0n) is 34.1. The molecule has 4 fully saturated rings. The van der Waals surface area contributed by atoms with Crippen molar-refractivity contribution in [3.05, 3.63) is 0 Å². The Kier molecular flexibility index (Phi) is 18.5. The first-order valence-electron chi connectivity index (χ1n) is 20.8. The van der Waals surface area contributed by atoms with E-state index >= 15 is 0 Å². The molecule has 330 valence electrons. The molecule has 0 aromatic carbocycles. The van der Waals surface area contributed by atoms with Gasteiger partial charge in [0, 0.05) is 49.4 Å². The van der Waals surface area contributed by atoms with Crippen molar-refractivity contribution in [2.24, 2.45) is 17.6 Å². The van der Waals surface area contributed by atoms with Gasteiger partial charge in [-0.05, 0) is 70.1 Å². The van der Waals surface area contributed by atoms with Crippen LogP contribution in [-0.2, 0) is 38.4 Å². The molecule has 0 saturated carbocycles. The molecule has 4 saturated heterocycles. The van der Waals surface area contributed by atoms with Gasteiger partial charge in [-0.2, -0.15) is 11.8 Å². The van der Waals surface area contributed by atoms with Gasteiger partial charge in [0.2, 0.25) is 47.3 Å². The first kappa shape index (κ1) is 47.0. The number of nitrogens with one attached hydrogen (secondary N) is 7. The van der Waals surface area contributed by atoms with Crippen molar-refractivity contribution in [3.8, 4) is 0 Å². The lowest BCUT2D eigenvalue weighted by Crippen LogP contribution is -2.54. The summed E-state index contributed by atoms with van der Waals surface area (Å²) in [7, 11) is 0. The molecule has 0 bridgehead atoms. The number of thioether (sulfide) groups is 1.